The van der Waals surface area contributed by atoms with Gasteiger partial charge in [0.05, 0.1) is 31.5 Å². The second-order valence-corrected chi connectivity index (χ2v) is 16.5. The molecule has 7 atom stereocenters. The number of nitrogens with two attached hydrogens (primary N) is 1. The van der Waals surface area contributed by atoms with E-state index < -0.39 is 57.1 Å². The predicted molar refractivity (Wildman–Crippen MR) is 241 cm³/mol. The number of aliphatic hydroxyl groups excluding tert-OH is 3. The fraction of sp³-hybridized carbons (Fsp3) is 0.660. The van der Waals surface area contributed by atoms with Crippen LogP contribution in [0.25, 0.3) is 0 Å². The van der Waals surface area contributed by atoms with Crippen molar-refractivity contribution in [3.8, 4) is 0 Å². The third-order valence-electron chi connectivity index (χ3n) is 9.56. The minimum atomic E-state index is -4.46. The Balaban J connectivity index is 2.45. The maximum absolute atomic E-state index is 12.6. The van der Waals surface area contributed by atoms with Crippen LogP contribution in [0, 0.1) is 5.92 Å². The molecule has 0 spiro atoms. The second-order valence-electron chi connectivity index (χ2n) is 15.1. The standard InChI is InChI=1S/C47H78NO12P/c1-3-5-7-8-9-10-11-12-13-14-15-16-17-18-19-20-21-22-28-32-46(52)59-41(39-58-61(54,55)57-36-35-48)38-56-45(51)31-27-24-23-26-30-42-43(50)37-47(53)60-44(42)34-33-40(49)29-25-6-4-2/h5,7,9-10,12-13,15-16,18-19,23,26,33-34,40-44,47,49-50,53H,3-4,6,8,11,14,17,20-22,24-25,27-32,35-39,48H2,1-2H3,(H,54,55)/b7-5-,10-9-,13-12-,16-15-,19-18-,26-23-,34-33+/t40-,41+,42-,43-,44+,47?/m0/s1. The summed E-state index contributed by atoms with van der Waals surface area (Å²) < 4.78 is 38.4. The number of ether oxygens (including phenoxy) is 3. The number of hydrogen-bond acceptors (Lipinski definition) is 12. The Labute approximate surface area is 366 Å². The van der Waals surface area contributed by atoms with E-state index >= 15 is 0 Å². The monoisotopic (exact) mass is 880 g/mol. The minimum Gasteiger partial charge on any atom is -0.462 e. The molecule has 1 fully saturated rings. The average Bonchev–Trinajstić information content (AvgIpc) is 3.23. The molecule has 0 aromatic heterocycles. The molecular formula is C47H78NO12P. The lowest BCUT2D eigenvalue weighted by molar-refractivity contribution is -0.199. The molecule has 0 bridgehead atoms. The molecule has 14 heteroatoms. The van der Waals surface area contributed by atoms with Crippen LogP contribution in [0.1, 0.15) is 136 Å². The SMILES string of the molecule is CC/C=C\C/C=C\C/C=C\C/C=C\C/C=C\CCCCCC(=O)O[C@H](COC(=O)CCC/C=C\C[C@H]1[C@@H](O)CC(O)O[C@@H]1/C=C/[C@@H](O)CCCCC)COP(=O)(O)OCCN. The average molecular weight is 880 g/mol. The third kappa shape index (κ3) is 32.4. The van der Waals surface area contributed by atoms with Crippen molar-refractivity contribution in [3.63, 3.8) is 0 Å². The van der Waals surface area contributed by atoms with E-state index in [0.29, 0.717) is 32.1 Å². The Morgan fingerprint density at radius 2 is 1.39 bits per heavy atom. The quantitative estimate of drug-likeness (QED) is 0.0173. The predicted octanol–water partition coefficient (Wildman–Crippen LogP) is 8.93. The molecule has 1 rings (SSSR count). The van der Waals surface area contributed by atoms with Crippen molar-refractivity contribution in [2.75, 3.05) is 26.4 Å². The molecule has 1 aliphatic rings. The first kappa shape index (κ1) is 56.0. The maximum atomic E-state index is 12.6. The van der Waals surface area contributed by atoms with Crippen molar-refractivity contribution in [1.29, 1.82) is 0 Å². The van der Waals surface area contributed by atoms with Crippen LogP contribution >= 0.6 is 7.82 Å². The summed E-state index contributed by atoms with van der Waals surface area (Å²) in [4.78, 5) is 35.1. The van der Waals surface area contributed by atoms with Gasteiger partial charge in [-0.25, -0.2) is 4.57 Å². The lowest BCUT2D eigenvalue weighted by Gasteiger charge is -2.36. The first-order valence-corrected chi connectivity index (χ1v) is 24.0. The van der Waals surface area contributed by atoms with E-state index in [2.05, 4.69) is 74.6 Å². The largest absolute Gasteiger partial charge is 0.472 e. The van der Waals surface area contributed by atoms with Crippen molar-refractivity contribution in [1.82, 2.24) is 0 Å². The molecule has 2 unspecified atom stereocenters. The fourth-order valence-corrected chi connectivity index (χ4v) is 6.93. The first-order chi connectivity index (χ1) is 29.5. The molecular weight excluding hydrogens is 801 g/mol. The maximum Gasteiger partial charge on any atom is 0.472 e. The van der Waals surface area contributed by atoms with Gasteiger partial charge >= 0.3 is 19.8 Å². The van der Waals surface area contributed by atoms with E-state index in [1.54, 1.807) is 12.2 Å². The number of esters is 2. The molecule has 0 amide bonds. The van der Waals surface area contributed by atoms with E-state index in [0.717, 1.165) is 70.6 Å². The van der Waals surface area contributed by atoms with Gasteiger partial charge in [-0.15, -0.1) is 0 Å². The Hall–Kier alpha value is -2.97. The topological polar surface area (TPSA) is 204 Å². The molecule has 0 aromatic carbocycles. The highest BCUT2D eigenvalue weighted by Gasteiger charge is 2.35. The fourth-order valence-electron chi connectivity index (χ4n) is 6.17. The summed E-state index contributed by atoms with van der Waals surface area (Å²) in [5, 5.41) is 30.9. The van der Waals surface area contributed by atoms with E-state index in [1.165, 1.54) is 0 Å². The molecule has 6 N–H and O–H groups in total. The summed E-state index contributed by atoms with van der Waals surface area (Å²) in [6, 6.07) is 0. The van der Waals surface area contributed by atoms with Crippen LogP contribution in [0.4, 0.5) is 0 Å². The molecule has 348 valence electrons. The Kier molecular flexibility index (Phi) is 34.5. The van der Waals surface area contributed by atoms with Gasteiger partial charge in [-0.05, 0) is 77.0 Å². The van der Waals surface area contributed by atoms with Gasteiger partial charge in [0.25, 0.3) is 0 Å². The highest BCUT2D eigenvalue weighted by molar-refractivity contribution is 7.47. The Bertz CT molecular complexity index is 1390. The van der Waals surface area contributed by atoms with Gasteiger partial charge in [0.15, 0.2) is 12.4 Å². The van der Waals surface area contributed by atoms with Crippen molar-refractivity contribution in [3.05, 3.63) is 85.1 Å². The zero-order valence-corrected chi connectivity index (χ0v) is 37.8. The molecule has 1 heterocycles. The Morgan fingerprint density at radius 1 is 0.770 bits per heavy atom. The van der Waals surface area contributed by atoms with Crippen LogP contribution in [-0.4, -0.2) is 89.2 Å². The number of phosphoric ester groups is 1. The molecule has 13 nitrogen and oxygen atoms in total. The lowest BCUT2D eigenvalue weighted by atomic mass is 9.87. The first-order valence-electron chi connectivity index (χ1n) is 22.5. The molecule has 61 heavy (non-hydrogen) atoms. The van der Waals surface area contributed by atoms with Gasteiger partial charge in [-0.2, -0.15) is 0 Å². The molecule has 1 saturated heterocycles. The van der Waals surface area contributed by atoms with Crippen molar-refractivity contribution >= 4 is 19.8 Å². The number of rotatable bonds is 36. The second kappa shape index (κ2) is 37.6. The van der Waals surface area contributed by atoms with Gasteiger partial charge < -0.3 is 40.2 Å². The van der Waals surface area contributed by atoms with Crippen LogP contribution in [0.3, 0.4) is 0 Å². The van der Waals surface area contributed by atoms with Crippen LogP contribution in [0.15, 0.2) is 85.1 Å². The highest BCUT2D eigenvalue weighted by Crippen LogP contribution is 2.43. The minimum absolute atomic E-state index is 0.00339. The van der Waals surface area contributed by atoms with Crippen molar-refractivity contribution in [2.45, 2.75) is 167 Å². The van der Waals surface area contributed by atoms with E-state index in [4.69, 9.17) is 29.0 Å². The van der Waals surface area contributed by atoms with Crippen molar-refractivity contribution in [2.24, 2.45) is 11.7 Å². The summed E-state index contributed by atoms with van der Waals surface area (Å²) in [7, 11) is -4.46. The number of unbranched alkanes of at least 4 members (excludes halogenated alkanes) is 6. The van der Waals surface area contributed by atoms with Crippen LogP contribution in [-0.2, 0) is 37.4 Å². The zero-order chi connectivity index (χ0) is 44.8. The number of aliphatic hydroxyl groups is 3. The van der Waals surface area contributed by atoms with Crippen molar-refractivity contribution < 1.29 is 57.6 Å². The van der Waals surface area contributed by atoms with E-state index in [-0.39, 0.29) is 44.9 Å². The molecule has 0 aliphatic carbocycles. The third-order valence-corrected chi connectivity index (χ3v) is 10.5. The number of hydrogen-bond donors (Lipinski definition) is 5. The van der Waals surface area contributed by atoms with Gasteiger partial charge in [0, 0.05) is 31.7 Å². The summed E-state index contributed by atoms with van der Waals surface area (Å²) >= 11 is 0. The van der Waals surface area contributed by atoms with Gasteiger partial charge in [0.2, 0.25) is 0 Å². The summed E-state index contributed by atoms with van der Waals surface area (Å²) in [5.41, 5.74) is 5.34. The lowest BCUT2D eigenvalue weighted by Crippen LogP contribution is -2.43. The number of carbonyl (C=O) groups is 2. The number of phosphoric acid groups is 1. The molecule has 0 aromatic rings. The molecule has 1 aliphatic heterocycles. The van der Waals surface area contributed by atoms with Gasteiger partial charge in [-0.3, -0.25) is 18.6 Å². The number of carbonyl (C=O) groups excluding carboxylic acids is 2. The summed E-state index contributed by atoms with van der Waals surface area (Å²) in [5.74, 6) is -1.39. The summed E-state index contributed by atoms with van der Waals surface area (Å²) in [6.45, 7) is 3.14. The smallest absolute Gasteiger partial charge is 0.462 e. The molecule has 0 radical (unpaired) electrons. The van der Waals surface area contributed by atoms with E-state index in [1.807, 2.05) is 12.2 Å². The van der Waals surface area contributed by atoms with Crippen LogP contribution in [0.2, 0.25) is 0 Å². The van der Waals surface area contributed by atoms with E-state index in [9.17, 15) is 34.4 Å². The normalized spacial score (nSPS) is 20.9. The van der Waals surface area contributed by atoms with Crippen LogP contribution < -0.4 is 5.73 Å². The van der Waals surface area contributed by atoms with Gasteiger partial charge in [0.1, 0.15) is 6.61 Å². The Morgan fingerprint density at radius 3 is 2.05 bits per heavy atom. The highest BCUT2D eigenvalue weighted by atomic mass is 31.2. The zero-order valence-electron chi connectivity index (χ0n) is 36.9. The van der Waals surface area contributed by atoms with Crippen LogP contribution in [0.5, 0.6) is 0 Å². The molecule has 0 saturated carbocycles. The number of allylic oxidation sites excluding steroid dienone is 12. The summed E-state index contributed by atoms with van der Waals surface area (Å²) in [6.07, 6.45) is 38.0. The van der Waals surface area contributed by atoms with Gasteiger partial charge in [-0.1, -0.05) is 125 Å².